The van der Waals surface area contributed by atoms with Crippen LogP contribution < -0.4 is 0 Å². The summed E-state index contributed by atoms with van der Waals surface area (Å²) in [4.78, 5) is 24.7. The molecule has 6 nitrogen and oxygen atoms in total. The van der Waals surface area contributed by atoms with E-state index in [1.807, 2.05) is 0 Å². The molecule has 5 rings (SSSR count). The van der Waals surface area contributed by atoms with Crippen LogP contribution in [0.25, 0.3) is 0 Å². The number of rotatable bonds is 6. The van der Waals surface area contributed by atoms with Gasteiger partial charge in [-0.15, -0.1) is 0 Å². The zero-order chi connectivity index (χ0) is 19.1. The summed E-state index contributed by atoms with van der Waals surface area (Å²) in [7, 11) is 0. The topological polar surface area (TPSA) is 77.7 Å². The van der Waals surface area contributed by atoms with E-state index in [2.05, 4.69) is 0 Å². The molecule has 0 aromatic carbocycles. The van der Waals surface area contributed by atoms with Crippen molar-refractivity contribution < 1.29 is 28.5 Å². The SMILES string of the molecule is O=C(OCC1CCC2OC2C1)C1CCC(COC(=O)C2CCC3OC3C2)CC1. The van der Waals surface area contributed by atoms with Gasteiger partial charge in [0.2, 0.25) is 0 Å². The Labute approximate surface area is 166 Å². The Balaban J connectivity index is 0.971. The van der Waals surface area contributed by atoms with Crippen LogP contribution in [0.3, 0.4) is 0 Å². The van der Waals surface area contributed by atoms with Gasteiger partial charge < -0.3 is 18.9 Å². The first-order valence-corrected chi connectivity index (χ1v) is 11.3. The third-order valence-corrected chi connectivity index (χ3v) is 7.55. The third kappa shape index (κ3) is 4.38. The number of esters is 2. The van der Waals surface area contributed by atoms with Gasteiger partial charge in [-0.1, -0.05) is 0 Å². The average Bonchev–Trinajstić information content (AvgIpc) is 3.63. The Kier molecular flexibility index (Phi) is 5.35. The molecule has 2 saturated heterocycles. The Morgan fingerprint density at radius 2 is 1.14 bits per heavy atom. The first-order valence-electron chi connectivity index (χ1n) is 11.3. The van der Waals surface area contributed by atoms with Gasteiger partial charge in [-0.25, -0.2) is 0 Å². The van der Waals surface area contributed by atoms with E-state index < -0.39 is 0 Å². The summed E-state index contributed by atoms with van der Waals surface area (Å²) in [5.41, 5.74) is 0. The molecular weight excluding hydrogens is 360 g/mol. The van der Waals surface area contributed by atoms with E-state index in [1.165, 1.54) is 0 Å². The Morgan fingerprint density at radius 1 is 0.607 bits per heavy atom. The molecule has 0 N–H and O–H groups in total. The van der Waals surface area contributed by atoms with Crippen LogP contribution in [0.2, 0.25) is 0 Å². The summed E-state index contributed by atoms with van der Waals surface area (Å²) in [5.74, 6) is 0.803. The minimum absolute atomic E-state index is 0.0164. The molecule has 0 aromatic heterocycles. The van der Waals surface area contributed by atoms with Gasteiger partial charge in [-0.3, -0.25) is 9.59 Å². The van der Waals surface area contributed by atoms with Gasteiger partial charge in [0.1, 0.15) is 0 Å². The van der Waals surface area contributed by atoms with Gasteiger partial charge in [0, 0.05) is 0 Å². The first-order chi connectivity index (χ1) is 13.7. The first kappa shape index (κ1) is 18.9. The maximum atomic E-state index is 12.4. The highest BCUT2D eigenvalue weighted by molar-refractivity contribution is 5.73. The molecule has 28 heavy (non-hydrogen) atoms. The summed E-state index contributed by atoms with van der Waals surface area (Å²) in [6.07, 6.45) is 11.2. The highest BCUT2D eigenvalue weighted by atomic mass is 16.6. The molecule has 5 aliphatic rings. The highest BCUT2D eigenvalue weighted by Crippen LogP contribution is 2.41. The second-order valence-corrected chi connectivity index (χ2v) is 9.59. The zero-order valence-corrected chi connectivity index (χ0v) is 16.6. The lowest BCUT2D eigenvalue weighted by Gasteiger charge is -2.28. The molecule has 2 aliphatic heterocycles. The molecule has 0 spiro atoms. The van der Waals surface area contributed by atoms with Crippen LogP contribution in [0.4, 0.5) is 0 Å². The number of carbonyl (C=O) groups is 2. The van der Waals surface area contributed by atoms with Gasteiger partial charge >= 0.3 is 11.9 Å². The van der Waals surface area contributed by atoms with Crippen LogP contribution in [-0.2, 0) is 28.5 Å². The maximum Gasteiger partial charge on any atom is 0.309 e. The van der Waals surface area contributed by atoms with Gasteiger partial charge in [-0.2, -0.15) is 0 Å². The lowest BCUT2D eigenvalue weighted by Crippen LogP contribution is -2.29. The quantitative estimate of drug-likeness (QED) is 0.511. The molecule has 6 unspecified atom stereocenters. The highest BCUT2D eigenvalue weighted by Gasteiger charge is 2.46. The summed E-state index contributed by atoms with van der Waals surface area (Å²) in [6.45, 7) is 1.05. The average molecular weight is 392 g/mol. The third-order valence-electron chi connectivity index (χ3n) is 7.55. The second kappa shape index (κ2) is 7.94. The molecule has 0 radical (unpaired) electrons. The fourth-order valence-electron chi connectivity index (χ4n) is 5.46. The predicted molar refractivity (Wildman–Crippen MR) is 99.4 cm³/mol. The van der Waals surface area contributed by atoms with Crippen molar-refractivity contribution in [2.75, 3.05) is 13.2 Å². The lowest BCUT2D eigenvalue weighted by molar-refractivity contribution is -0.154. The molecule has 5 fully saturated rings. The van der Waals surface area contributed by atoms with Crippen LogP contribution in [0.5, 0.6) is 0 Å². The van der Waals surface area contributed by atoms with Crippen molar-refractivity contribution in [1.29, 1.82) is 0 Å². The summed E-state index contributed by atoms with van der Waals surface area (Å²) in [5, 5.41) is 0. The van der Waals surface area contributed by atoms with Crippen LogP contribution in [0.15, 0.2) is 0 Å². The molecule has 0 amide bonds. The minimum Gasteiger partial charge on any atom is -0.465 e. The molecule has 0 bridgehead atoms. The van der Waals surface area contributed by atoms with E-state index in [-0.39, 0.29) is 23.8 Å². The predicted octanol–water partition coefficient (Wildman–Crippen LogP) is 3.01. The van der Waals surface area contributed by atoms with Crippen molar-refractivity contribution in [2.45, 2.75) is 88.6 Å². The Morgan fingerprint density at radius 3 is 1.82 bits per heavy atom. The van der Waals surface area contributed by atoms with E-state index in [9.17, 15) is 9.59 Å². The van der Waals surface area contributed by atoms with E-state index >= 15 is 0 Å². The molecular formula is C22H32O6. The molecule has 2 heterocycles. The second-order valence-electron chi connectivity index (χ2n) is 9.59. The van der Waals surface area contributed by atoms with E-state index in [0.717, 1.165) is 64.2 Å². The maximum absolute atomic E-state index is 12.4. The Hall–Kier alpha value is -1.14. The standard InChI is InChI=1S/C22H32O6/c23-21(26-12-14-3-7-17-19(9-14)27-17)15-4-1-13(2-5-15)11-25-22(24)16-6-8-18-20(10-16)28-18/h13-20H,1-12H2. The van der Waals surface area contributed by atoms with Gasteiger partial charge in [0.25, 0.3) is 0 Å². The molecule has 0 aromatic rings. The monoisotopic (exact) mass is 392 g/mol. The van der Waals surface area contributed by atoms with Crippen molar-refractivity contribution in [3.05, 3.63) is 0 Å². The van der Waals surface area contributed by atoms with Crippen molar-refractivity contribution in [3.63, 3.8) is 0 Å². The van der Waals surface area contributed by atoms with Crippen molar-refractivity contribution in [2.24, 2.45) is 23.7 Å². The number of fused-ring (bicyclic) bond motifs is 2. The smallest absolute Gasteiger partial charge is 0.309 e. The van der Waals surface area contributed by atoms with E-state index in [4.69, 9.17) is 18.9 Å². The van der Waals surface area contributed by atoms with Crippen molar-refractivity contribution in [3.8, 4) is 0 Å². The summed E-state index contributed by atoms with van der Waals surface area (Å²) < 4.78 is 22.3. The van der Waals surface area contributed by atoms with E-state index in [1.54, 1.807) is 0 Å². The number of epoxide rings is 2. The van der Waals surface area contributed by atoms with Gasteiger partial charge in [0.15, 0.2) is 0 Å². The molecule has 6 atom stereocenters. The van der Waals surface area contributed by atoms with Crippen LogP contribution in [0.1, 0.15) is 64.2 Å². The van der Waals surface area contributed by atoms with Crippen molar-refractivity contribution in [1.82, 2.24) is 0 Å². The summed E-state index contributed by atoms with van der Waals surface area (Å²) in [6, 6.07) is 0. The normalized spacial score (nSPS) is 44.0. The fraction of sp³-hybridized carbons (Fsp3) is 0.909. The largest absolute Gasteiger partial charge is 0.465 e. The molecule has 3 aliphatic carbocycles. The molecule has 3 saturated carbocycles. The van der Waals surface area contributed by atoms with Crippen LogP contribution >= 0.6 is 0 Å². The summed E-state index contributed by atoms with van der Waals surface area (Å²) >= 11 is 0. The zero-order valence-electron chi connectivity index (χ0n) is 16.6. The number of carbonyl (C=O) groups excluding carboxylic acids is 2. The van der Waals surface area contributed by atoms with Crippen molar-refractivity contribution >= 4 is 11.9 Å². The van der Waals surface area contributed by atoms with E-state index in [0.29, 0.717) is 49.5 Å². The number of ether oxygens (including phenoxy) is 4. The Bertz CT molecular complexity index is 598. The number of hydrogen-bond acceptors (Lipinski definition) is 6. The lowest BCUT2D eigenvalue weighted by atomic mass is 9.82. The fourth-order valence-corrected chi connectivity index (χ4v) is 5.46. The molecule has 6 heteroatoms. The van der Waals surface area contributed by atoms with Crippen LogP contribution in [0, 0.1) is 23.7 Å². The van der Waals surface area contributed by atoms with Gasteiger partial charge in [-0.05, 0) is 76.0 Å². The molecule has 156 valence electrons. The minimum atomic E-state index is -0.0511. The number of hydrogen-bond donors (Lipinski definition) is 0. The van der Waals surface area contributed by atoms with Crippen LogP contribution in [-0.4, -0.2) is 49.6 Å². The van der Waals surface area contributed by atoms with Gasteiger partial charge in [0.05, 0.1) is 49.5 Å².